The third-order valence-corrected chi connectivity index (χ3v) is 16.3. The van der Waals surface area contributed by atoms with Crippen LogP contribution >= 0.6 is 0 Å². The number of urea groups is 1. The molecule has 1 aliphatic heterocycles. The Hall–Kier alpha value is -5.76. The molecule has 3 rings (SSSR count). The number of carbonyl (C=O) groups is 8. The first-order chi connectivity index (χ1) is 37.7. The number of carbonyl (C=O) groups excluding carboxylic acids is 8. The van der Waals surface area contributed by atoms with Gasteiger partial charge >= 0.3 is 12.1 Å². The molecule has 0 saturated carbocycles. The predicted molar refractivity (Wildman–Crippen MR) is 309 cm³/mol. The van der Waals surface area contributed by atoms with E-state index >= 15 is 0 Å². The minimum Gasteiger partial charge on any atom is -0.445 e. The Balaban J connectivity index is 1.70. The maximum Gasteiger partial charge on any atom is 0.410 e. The highest BCUT2D eigenvalue weighted by Gasteiger charge is 2.44. The van der Waals surface area contributed by atoms with Crippen molar-refractivity contribution < 1.29 is 57.7 Å². The van der Waals surface area contributed by atoms with Gasteiger partial charge in [-0.25, -0.2) is 9.59 Å². The van der Waals surface area contributed by atoms with Gasteiger partial charge in [-0.15, -0.1) is 0 Å². The second-order valence-corrected chi connectivity index (χ2v) is 23.2. The van der Waals surface area contributed by atoms with E-state index in [0.29, 0.717) is 43.5 Å². The summed E-state index contributed by atoms with van der Waals surface area (Å²) in [7, 11) is 6.28. The van der Waals surface area contributed by atoms with Gasteiger partial charge in [0, 0.05) is 84.1 Å². The molecule has 1 fully saturated rings. The molecule has 7 N–H and O–H groups in total. The number of methoxy groups -OCH3 is 2. The lowest BCUT2D eigenvalue weighted by atomic mass is 9.83. The lowest BCUT2D eigenvalue weighted by Gasteiger charge is -2.41. The summed E-state index contributed by atoms with van der Waals surface area (Å²) in [5.41, 5.74) is 13.1. The third kappa shape index (κ3) is 19.8. The minimum atomic E-state index is -0.928. The Labute approximate surface area is 476 Å². The van der Waals surface area contributed by atoms with Gasteiger partial charge in [-0.05, 0) is 78.5 Å². The quantitative estimate of drug-likeness (QED) is 0.0421. The second kappa shape index (κ2) is 33.2. The maximum absolute atomic E-state index is 14.8. The smallest absolute Gasteiger partial charge is 0.410 e. The normalized spacial score (nSPS) is 17.7. The van der Waals surface area contributed by atoms with Gasteiger partial charge in [-0.1, -0.05) is 118 Å². The highest BCUT2D eigenvalue weighted by atomic mass is 16.6. The van der Waals surface area contributed by atoms with Crippen molar-refractivity contribution in [3.63, 3.8) is 0 Å². The van der Waals surface area contributed by atoms with Crippen LogP contribution in [0.5, 0.6) is 0 Å². The number of hydrogen-bond acceptors (Lipinski definition) is 13. The van der Waals surface area contributed by atoms with Crippen molar-refractivity contribution in [2.24, 2.45) is 58.8 Å². The summed E-state index contributed by atoms with van der Waals surface area (Å²) in [5.74, 6) is -4.67. The Morgan fingerprint density at radius 1 is 0.762 bits per heavy atom. The standard InChI is InChI=1S/C61H97N7O12/c1-15-39(8)55(51(78-13)34-52(72)68-30-20-24-47(68)57(79-14)41(10)48(69)31-40(9)56(73)43-21-17-16-18-22-43)66(11)59(75)46(36(2)3)33-50(71)54(38(6)7)67(12)61(77)80-35-42-25-27-45(28-26-42)65-58(74)44(23-19-29-64-60(63)76)32-49(70)53(62)37(4)5/h16-18,21-22,25-28,36-41,44,46-47,51,53-57,73H,15,19-20,23-24,29-35,62H2,1-14H3,(H,65,74)(H3,63,64,76)/t39-,40-,41-,44+,46?,47-,51+,53-,54-,55-,56+,57+/m0/s1. The van der Waals surface area contributed by atoms with Crippen molar-refractivity contribution in [1.29, 1.82) is 0 Å². The van der Waals surface area contributed by atoms with E-state index in [1.807, 2.05) is 99.6 Å². The number of Topliss-reactive ketones (excluding diaryl/α,β-unsaturated/α-hetero) is 3. The Morgan fingerprint density at radius 2 is 1.40 bits per heavy atom. The number of anilines is 1. The summed E-state index contributed by atoms with van der Waals surface area (Å²) in [5, 5.41) is 16.3. The van der Waals surface area contributed by atoms with Crippen molar-refractivity contribution in [2.75, 3.05) is 46.7 Å². The zero-order valence-electron chi connectivity index (χ0n) is 50.3. The van der Waals surface area contributed by atoms with E-state index in [4.69, 9.17) is 25.7 Å². The fourth-order valence-electron chi connectivity index (χ4n) is 11.1. The Kier molecular flexibility index (Phi) is 28.5. The predicted octanol–water partition coefficient (Wildman–Crippen LogP) is 7.71. The molecule has 80 heavy (non-hydrogen) atoms. The first-order valence-electron chi connectivity index (χ1n) is 28.7. The summed E-state index contributed by atoms with van der Waals surface area (Å²) in [4.78, 5) is 113. The molecule has 19 nitrogen and oxygen atoms in total. The first-order valence-corrected chi connectivity index (χ1v) is 28.7. The summed E-state index contributed by atoms with van der Waals surface area (Å²) >= 11 is 0. The number of nitrogens with zero attached hydrogens (tertiary/aromatic N) is 3. The molecule has 2 aromatic carbocycles. The highest BCUT2D eigenvalue weighted by molar-refractivity contribution is 5.96. The van der Waals surface area contributed by atoms with Gasteiger partial charge in [0.05, 0.1) is 48.9 Å². The number of hydrogen-bond donors (Lipinski definition) is 5. The SMILES string of the molecule is CC[C@H](C)[C@@H]([C@@H](CC(=O)N1CCC[C@H]1[C@H](OC)[C@@H](C)C(=O)C[C@H](C)[C@@H](O)c1ccccc1)OC)N(C)C(=O)C(CC(=O)[C@H](C(C)C)N(C)C(=O)OCc1ccc(NC(=O)[C@H](CCCNC(N)=O)CC(=O)[C@@H](N)C(C)C)cc1)C(C)C. The van der Waals surface area contributed by atoms with Crippen molar-refractivity contribution >= 4 is 52.9 Å². The minimum absolute atomic E-state index is 0.0364. The van der Waals surface area contributed by atoms with Crippen LogP contribution in [-0.4, -0.2) is 145 Å². The number of benzene rings is 2. The fourth-order valence-corrected chi connectivity index (χ4v) is 11.1. The number of likely N-dealkylation sites (tertiary alicyclic amines) is 1. The molecule has 0 aliphatic carbocycles. The number of aliphatic hydroxyl groups is 1. The first kappa shape index (κ1) is 68.5. The van der Waals surface area contributed by atoms with E-state index in [1.165, 1.54) is 19.1 Å². The number of nitrogens with two attached hydrogens (primary N) is 2. The highest BCUT2D eigenvalue weighted by Crippen LogP contribution is 2.33. The molecule has 0 bridgehead atoms. The Bertz CT molecular complexity index is 2320. The van der Waals surface area contributed by atoms with Crippen LogP contribution in [0.3, 0.4) is 0 Å². The molecule has 2 aromatic rings. The molecule has 1 unspecified atom stereocenters. The van der Waals surface area contributed by atoms with Crippen LogP contribution in [0.4, 0.5) is 15.3 Å². The van der Waals surface area contributed by atoms with E-state index in [1.54, 1.807) is 48.2 Å². The number of likely N-dealkylation sites (N-methyl/N-ethyl adjacent to an activating group) is 2. The van der Waals surface area contributed by atoms with Crippen LogP contribution in [0, 0.1) is 47.3 Å². The van der Waals surface area contributed by atoms with Gasteiger partial charge in [-0.2, -0.15) is 0 Å². The van der Waals surface area contributed by atoms with Gasteiger partial charge in [0.15, 0.2) is 11.6 Å². The molecule has 1 saturated heterocycles. The van der Waals surface area contributed by atoms with E-state index in [-0.39, 0.29) is 110 Å². The van der Waals surface area contributed by atoms with Gasteiger partial charge in [0.1, 0.15) is 12.4 Å². The van der Waals surface area contributed by atoms with Crippen LogP contribution in [-0.2, 0) is 49.6 Å². The number of nitrogens with one attached hydrogen (secondary N) is 2. The third-order valence-electron chi connectivity index (χ3n) is 16.3. The largest absolute Gasteiger partial charge is 0.445 e. The zero-order chi connectivity index (χ0) is 60.1. The molecule has 0 aromatic heterocycles. The Morgan fingerprint density at radius 3 is 1.95 bits per heavy atom. The maximum atomic E-state index is 14.8. The lowest BCUT2D eigenvalue weighted by Crippen LogP contribution is -2.54. The molecule has 0 radical (unpaired) electrons. The number of ether oxygens (including phenoxy) is 3. The number of ketones is 3. The van der Waals surface area contributed by atoms with Crippen LogP contribution in [0.1, 0.15) is 144 Å². The van der Waals surface area contributed by atoms with Crippen LogP contribution in [0.25, 0.3) is 0 Å². The van der Waals surface area contributed by atoms with E-state index in [0.717, 1.165) is 12.0 Å². The van der Waals surface area contributed by atoms with E-state index in [9.17, 15) is 43.5 Å². The van der Waals surface area contributed by atoms with Gasteiger partial charge in [-0.3, -0.25) is 28.8 Å². The van der Waals surface area contributed by atoms with Crippen LogP contribution in [0.2, 0.25) is 0 Å². The van der Waals surface area contributed by atoms with Crippen LogP contribution in [0.15, 0.2) is 54.6 Å². The average molecular weight is 1120 g/mol. The van der Waals surface area contributed by atoms with E-state index < -0.39 is 66.3 Å². The lowest BCUT2D eigenvalue weighted by molar-refractivity contribution is -0.149. The monoisotopic (exact) mass is 1120 g/mol. The van der Waals surface area contributed by atoms with Crippen LogP contribution < -0.4 is 22.1 Å². The summed E-state index contributed by atoms with van der Waals surface area (Å²) < 4.78 is 17.8. The molecular formula is C61H97N7O12. The molecular weight excluding hydrogens is 1020 g/mol. The second-order valence-electron chi connectivity index (χ2n) is 23.2. The van der Waals surface area contributed by atoms with Crippen molar-refractivity contribution in [1.82, 2.24) is 20.0 Å². The van der Waals surface area contributed by atoms with Gasteiger partial charge < -0.3 is 56.1 Å². The number of primary amides is 1. The zero-order valence-corrected chi connectivity index (χ0v) is 50.3. The molecule has 448 valence electrons. The molecule has 19 heteroatoms. The topological polar surface area (TPSA) is 270 Å². The number of amides is 6. The molecule has 1 heterocycles. The average Bonchev–Trinajstić information content (AvgIpc) is 3.91. The molecule has 1 aliphatic rings. The summed E-state index contributed by atoms with van der Waals surface area (Å²) in [6.07, 6.45) is -0.218. The molecule has 0 spiro atoms. The molecule has 12 atom stereocenters. The summed E-state index contributed by atoms with van der Waals surface area (Å²) in [6.45, 7) is 19.3. The number of rotatable bonds is 34. The fraction of sp³-hybridized carbons (Fsp3) is 0.672. The van der Waals surface area contributed by atoms with E-state index in [2.05, 4.69) is 10.6 Å². The van der Waals surface area contributed by atoms with Gasteiger partial charge in [0.25, 0.3) is 0 Å². The van der Waals surface area contributed by atoms with Gasteiger partial charge in [0.2, 0.25) is 17.7 Å². The molecule has 6 amide bonds. The van der Waals surface area contributed by atoms with Crippen molar-refractivity contribution in [2.45, 2.75) is 176 Å². The van der Waals surface area contributed by atoms with Crippen molar-refractivity contribution in [3.8, 4) is 0 Å². The number of aliphatic hydroxyl groups excluding tert-OH is 1. The van der Waals surface area contributed by atoms with Crippen molar-refractivity contribution in [3.05, 3.63) is 65.7 Å². The summed E-state index contributed by atoms with van der Waals surface area (Å²) in [6, 6.07) is 12.7.